The molecule has 5 nitrogen and oxygen atoms in total. The lowest BCUT2D eigenvalue weighted by Gasteiger charge is -2.31. The van der Waals surface area contributed by atoms with Gasteiger partial charge in [-0.15, -0.1) is 0 Å². The van der Waals surface area contributed by atoms with Gasteiger partial charge in [0.15, 0.2) is 6.61 Å². The number of ether oxygens (including phenoxy) is 1. The maximum atomic E-state index is 13.3. The molecule has 0 aromatic heterocycles. The van der Waals surface area contributed by atoms with Crippen molar-refractivity contribution in [2.75, 3.05) is 6.61 Å². The van der Waals surface area contributed by atoms with E-state index in [4.69, 9.17) is 27.9 Å². The Hall–Kier alpha value is -2.24. The standard InChI is InChI=1S/C25H32Cl2N2O3/c1-6-18(5)28-25(31)22(7-2)29(14-19-9-10-20(26)13-21(19)27)24(30)15-32-23-11-8-16(3)12-17(23)4/h8-13,18,22H,6-7,14-15H2,1-5H3,(H,28,31). The molecule has 0 fully saturated rings. The molecule has 0 spiro atoms. The fraction of sp³-hybridized carbons (Fsp3) is 0.440. The van der Waals surface area contributed by atoms with Crippen LogP contribution in [0.3, 0.4) is 0 Å². The Labute approximate surface area is 201 Å². The molecule has 32 heavy (non-hydrogen) atoms. The van der Waals surface area contributed by atoms with Crippen LogP contribution in [0.2, 0.25) is 10.0 Å². The number of hydrogen-bond acceptors (Lipinski definition) is 3. The van der Waals surface area contributed by atoms with Gasteiger partial charge in [0, 0.05) is 22.6 Å². The molecule has 0 bridgehead atoms. The summed E-state index contributed by atoms with van der Waals surface area (Å²) in [5, 5.41) is 3.94. The van der Waals surface area contributed by atoms with Gasteiger partial charge < -0.3 is 15.0 Å². The van der Waals surface area contributed by atoms with Gasteiger partial charge in [0.2, 0.25) is 5.91 Å². The molecule has 0 aliphatic heterocycles. The van der Waals surface area contributed by atoms with E-state index in [1.807, 2.05) is 52.8 Å². The van der Waals surface area contributed by atoms with Gasteiger partial charge in [-0.1, -0.05) is 60.8 Å². The van der Waals surface area contributed by atoms with Gasteiger partial charge >= 0.3 is 0 Å². The number of carbonyl (C=O) groups is 2. The Morgan fingerprint density at radius 2 is 1.78 bits per heavy atom. The van der Waals surface area contributed by atoms with Crippen molar-refractivity contribution in [2.24, 2.45) is 0 Å². The number of hydrogen-bond donors (Lipinski definition) is 1. The highest BCUT2D eigenvalue weighted by atomic mass is 35.5. The molecular weight excluding hydrogens is 447 g/mol. The SMILES string of the molecule is CCC(C)NC(=O)C(CC)N(Cc1ccc(Cl)cc1Cl)C(=O)COc1ccc(C)cc1C. The monoisotopic (exact) mass is 478 g/mol. The quantitative estimate of drug-likeness (QED) is 0.475. The molecule has 2 rings (SSSR count). The summed E-state index contributed by atoms with van der Waals surface area (Å²) in [7, 11) is 0. The number of halogens is 2. The number of amides is 2. The molecule has 0 saturated heterocycles. The first-order valence-corrected chi connectivity index (χ1v) is 11.7. The summed E-state index contributed by atoms with van der Waals surface area (Å²) in [5.74, 6) is 0.166. The number of benzene rings is 2. The van der Waals surface area contributed by atoms with E-state index in [2.05, 4.69) is 5.32 Å². The maximum absolute atomic E-state index is 13.3. The minimum absolute atomic E-state index is 0.0130. The molecule has 1 N–H and O–H groups in total. The first kappa shape index (κ1) is 26.0. The summed E-state index contributed by atoms with van der Waals surface area (Å²) in [4.78, 5) is 27.8. The second kappa shape index (κ2) is 12.1. The first-order valence-electron chi connectivity index (χ1n) is 10.9. The molecule has 0 aliphatic rings. The van der Waals surface area contributed by atoms with Crippen LogP contribution in [0.4, 0.5) is 0 Å². The van der Waals surface area contributed by atoms with Crippen LogP contribution in [0, 0.1) is 13.8 Å². The Bertz CT molecular complexity index is 949. The smallest absolute Gasteiger partial charge is 0.261 e. The maximum Gasteiger partial charge on any atom is 0.261 e. The minimum Gasteiger partial charge on any atom is -0.483 e. The fourth-order valence-electron chi connectivity index (χ4n) is 3.38. The topological polar surface area (TPSA) is 58.6 Å². The van der Waals surface area contributed by atoms with E-state index in [0.29, 0.717) is 27.8 Å². The second-order valence-electron chi connectivity index (χ2n) is 8.06. The van der Waals surface area contributed by atoms with Crippen molar-refractivity contribution in [3.8, 4) is 5.75 Å². The van der Waals surface area contributed by atoms with Crippen molar-refractivity contribution in [3.05, 3.63) is 63.1 Å². The zero-order valence-electron chi connectivity index (χ0n) is 19.4. The third-order valence-corrected chi connectivity index (χ3v) is 6.01. The van der Waals surface area contributed by atoms with Gasteiger partial charge in [0.25, 0.3) is 5.91 Å². The Morgan fingerprint density at radius 3 is 2.38 bits per heavy atom. The lowest BCUT2D eigenvalue weighted by molar-refractivity contribution is -0.143. The van der Waals surface area contributed by atoms with Crippen LogP contribution in [0.1, 0.15) is 50.3 Å². The molecular formula is C25H32Cl2N2O3. The van der Waals surface area contributed by atoms with E-state index in [9.17, 15) is 9.59 Å². The summed E-state index contributed by atoms with van der Waals surface area (Å²) in [6.45, 7) is 9.76. The van der Waals surface area contributed by atoms with Crippen molar-refractivity contribution in [2.45, 2.75) is 66.1 Å². The first-order chi connectivity index (χ1) is 15.2. The molecule has 0 radical (unpaired) electrons. The number of carbonyl (C=O) groups excluding carboxylic acids is 2. The highest BCUT2D eigenvalue weighted by molar-refractivity contribution is 6.35. The van der Waals surface area contributed by atoms with Crippen molar-refractivity contribution in [3.63, 3.8) is 0 Å². The van der Waals surface area contributed by atoms with Crippen LogP contribution in [-0.4, -0.2) is 35.4 Å². The average molecular weight is 479 g/mol. The lowest BCUT2D eigenvalue weighted by Crippen LogP contribution is -2.51. The predicted molar refractivity (Wildman–Crippen MR) is 130 cm³/mol. The predicted octanol–water partition coefficient (Wildman–Crippen LogP) is 5.71. The molecule has 174 valence electrons. The molecule has 0 aliphatic carbocycles. The molecule has 2 atom stereocenters. The van der Waals surface area contributed by atoms with E-state index in [1.165, 1.54) is 4.90 Å². The van der Waals surface area contributed by atoms with Crippen LogP contribution in [0.25, 0.3) is 0 Å². The van der Waals surface area contributed by atoms with Crippen molar-refractivity contribution in [1.29, 1.82) is 0 Å². The molecule has 2 aromatic carbocycles. The van der Waals surface area contributed by atoms with E-state index >= 15 is 0 Å². The van der Waals surface area contributed by atoms with E-state index in [0.717, 1.165) is 17.5 Å². The highest BCUT2D eigenvalue weighted by Crippen LogP contribution is 2.24. The van der Waals surface area contributed by atoms with Gasteiger partial charge in [-0.3, -0.25) is 9.59 Å². The van der Waals surface area contributed by atoms with Gasteiger partial charge in [-0.25, -0.2) is 0 Å². The lowest BCUT2D eigenvalue weighted by atomic mass is 10.1. The molecule has 2 aromatic rings. The molecule has 2 amide bonds. The van der Waals surface area contributed by atoms with Crippen LogP contribution in [0.5, 0.6) is 5.75 Å². The zero-order chi connectivity index (χ0) is 23.8. The van der Waals surface area contributed by atoms with Crippen LogP contribution in [-0.2, 0) is 16.1 Å². The van der Waals surface area contributed by atoms with Crippen LogP contribution < -0.4 is 10.1 Å². The normalized spacial score (nSPS) is 12.7. The zero-order valence-corrected chi connectivity index (χ0v) is 20.9. The Morgan fingerprint density at radius 1 is 1.06 bits per heavy atom. The number of aryl methyl sites for hydroxylation is 2. The van der Waals surface area contributed by atoms with Gasteiger partial charge in [0.1, 0.15) is 11.8 Å². The van der Waals surface area contributed by atoms with Crippen molar-refractivity contribution < 1.29 is 14.3 Å². The van der Waals surface area contributed by atoms with Gasteiger partial charge in [0.05, 0.1) is 0 Å². The minimum atomic E-state index is -0.647. The summed E-state index contributed by atoms with van der Waals surface area (Å²) < 4.78 is 5.82. The van der Waals surface area contributed by atoms with E-state index in [-0.39, 0.29) is 31.0 Å². The molecule has 7 heteroatoms. The number of nitrogens with zero attached hydrogens (tertiary/aromatic N) is 1. The molecule has 2 unspecified atom stereocenters. The summed E-state index contributed by atoms with van der Waals surface area (Å²) in [5.41, 5.74) is 2.78. The van der Waals surface area contributed by atoms with Crippen LogP contribution >= 0.6 is 23.2 Å². The third kappa shape index (κ3) is 7.14. The number of rotatable bonds is 10. The Kier molecular flexibility index (Phi) is 9.85. The number of nitrogens with one attached hydrogen (secondary N) is 1. The summed E-state index contributed by atoms with van der Waals surface area (Å²) in [6, 6.07) is 10.3. The largest absolute Gasteiger partial charge is 0.483 e. The fourth-order valence-corrected chi connectivity index (χ4v) is 3.85. The van der Waals surface area contributed by atoms with Gasteiger partial charge in [-0.05, 0) is 62.9 Å². The molecule has 0 saturated carbocycles. The van der Waals surface area contributed by atoms with Gasteiger partial charge in [-0.2, -0.15) is 0 Å². The van der Waals surface area contributed by atoms with Crippen LogP contribution in [0.15, 0.2) is 36.4 Å². The Balaban J connectivity index is 2.28. The average Bonchev–Trinajstić information content (AvgIpc) is 2.74. The van der Waals surface area contributed by atoms with Crippen molar-refractivity contribution >= 4 is 35.0 Å². The molecule has 0 heterocycles. The van der Waals surface area contributed by atoms with E-state index in [1.54, 1.807) is 18.2 Å². The van der Waals surface area contributed by atoms with Crippen molar-refractivity contribution in [1.82, 2.24) is 10.2 Å². The van der Waals surface area contributed by atoms with E-state index < -0.39 is 6.04 Å². The third-order valence-electron chi connectivity index (χ3n) is 5.42. The summed E-state index contributed by atoms with van der Waals surface area (Å²) >= 11 is 12.4. The summed E-state index contributed by atoms with van der Waals surface area (Å²) in [6.07, 6.45) is 1.26. The highest BCUT2D eigenvalue weighted by Gasteiger charge is 2.30. The second-order valence-corrected chi connectivity index (χ2v) is 8.90.